The van der Waals surface area contributed by atoms with Crippen molar-refractivity contribution in [2.45, 2.75) is 40.5 Å². The van der Waals surface area contributed by atoms with Gasteiger partial charge in [0.2, 0.25) is 0 Å². The maximum absolute atomic E-state index is 9.72. The van der Waals surface area contributed by atoms with E-state index in [1.165, 1.54) is 0 Å². The number of hydrogen-bond donors (Lipinski definition) is 3. The van der Waals surface area contributed by atoms with E-state index < -0.39 is 7.28 Å². The van der Waals surface area contributed by atoms with E-state index in [-0.39, 0.29) is 12.3 Å². The van der Waals surface area contributed by atoms with E-state index in [1.807, 2.05) is 27.7 Å². The van der Waals surface area contributed by atoms with E-state index in [0.29, 0.717) is 24.7 Å². The molecule has 4 heteroatoms. The van der Waals surface area contributed by atoms with Crippen LogP contribution in [0.25, 0.3) is 0 Å². The predicted molar refractivity (Wildman–Crippen MR) is 62.2 cm³/mol. The first-order valence-electron chi connectivity index (χ1n) is 5.36. The fraction of sp³-hybridized carbons (Fsp3) is 1.00. The summed E-state index contributed by atoms with van der Waals surface area (Å²) in [5.41, 5.74) is 0. The molecule has 0 saturated carbocycles. The van der Waals surface area contributed by atoms with Crippen LogP contribution in [0, 0.1) is 11.8 Å². The molecule has 0 amide bonds. The van der Waals surface area contributed by atoms with E-state index in [0.717, 1.165) is 0 Å². The minimum absolute atomic E-state index is 0.149. The first-order valence-corrected chi connectivity index (χ1v) is 7.82. The van der Waals surface area contributed by atoms with Gasteiger partial charge in [0.1, 0.15) is 0 Å². The molecule has 0 aromatic carbocycles. The molecule has 14 heavy (non-hydrogen) atoms. The molecular formula is C10H25O3P. The first-order chi connectivity index (χ1) is 6.10. The molecule has 0 aliphatic heterocycles. The average molecular weight is 224 g/mol. The van der Waals surface area contributed by atoms with E-state index in [2.05, 4.69) is 0 Å². The van der Waals surface area contributed by atoms with Crippen molar-refractivity contribution in [1.29, 1.82) is 0 Å². The zero-order valence-corrected chi connectivity index (χ0v) is 10.7. The van der Waals surface area contributed by atoms with Crippen molar-refractivity contribution in [3.63, 3.8) is 0 Å². The van der Waals surface area contributed by atoms with Crippen LogP contribution in [0.15, 0.2) is 0 Å². The van der Waals surface area contributed by atoms with Crippen LogP contribution in [0.2, 0.25) is 0 Å². The Hall–Kier alpha value is 0.310. The van der Waals surface area contributed by atoms with Gasteiger partial charge >= 0.3 is 86.7 Å². The van der Waals surface area contributed by atoms with Crippen LogP contribution in [0.3, 0.4) is 0 Å². The Bertz CT molecular complexity index is 154. The van der Waals surface area contributed by atoms with Gasteiger partial charge in [0.05, 0.1) is 0 Å². The van der Waals surface area contributed by atoms with Crippen LogP contribution in [0.1, 0.15) is 40.5 Å². The van der Waals surface area contributed by atoms with Crippen molar-refractivity contribution in [3.8, 4) is 0 Å². The van der Waals surface area contributed by atoms with Crippen LogP contribution in [0.5, 0.6) is 0 Å². The van der Waals surface area contributed by atoms with E-state index >= 15 is 0 Å². The molecule has 0 heterocycles. The Balaban J connectivity index is 4.08. The first kappa shape index (κ1) is 14.3. The van der Waals surface area contributed by atoms with Crippen LogP contribution >= 0.6 is 7.28 Å². The van der Waals surface area contributed by atoms with Gasteiger partial charge in [0.15, 0.2) is 0 Å². The molecule has 0 rings (SSSR count). The molecule has 3 nitrogen and oxygen atoms in total. The van der Waals surface area contributed by atoms with Crippen LogP contribution < -0.4 is 0 Å². The molecule has 3 N–H and O–H groups in total. The predicted octanol–water partition coefficient (Wildman–Crippen LogP) is 2.35. The Labute approximate surface area is 87.3 Å². The Kier molecular flexibility index (Phi) is 5.00. The molecule has 0 aromatic rings. The molecule has 0 unspecified atom stereocenters. The normalized spacial score (nSPS) is 15.9. The number of rotatable bonds is 6. The maximum atomic E-state index is 9.72. The zero-order valence-electron chi connectivity index (χ0n) is 9.77. The third-order valence-electron chi connectivity index (χ3n) is 2.33. The summed E-state index contributed by atoms with van der Waals surface area (Å²) in [5.74, 6) is 0.781. The monoisotopic (exact) mass is 224 g/mol. The third-order valence-corrected chi connectivity index (χ3v) is 4.68. The standard InChI is InChI=1S/C10H25O3P/c1-9(2)5-7-14(11,12,13)8-6-10(3)4/h9-13H,5-8H2,1-4H3. The van der Waals surface area contributed by atoms with Crippen molar-refractivity contribution in [1.82, 2.24) is 0 Å². The van der Waals surface area contributed by atoms with Gasteiger partial charge in [-0.05, 0) is 0 Å². The van der Waals surface area contributed by atoms with Gasteiger partial charge in [-0.1, -0.05) is 0 Å². The number of hydrogen-bond acceptors (Lipinski definition) is 3. The summed E-state index contributed by atoms with van der Waals surface area (Å²) in [6.07, 6.45) is 1.63. The molecule has 88 valence electrons. The Morgan fingerprint density at radius 1 is 0.786 bits per heavy atom. The van der Waals surface area contributed by atoms with Gasteiger partial charge in [-0.25, -0.2) is 0 Å². The van der Waals surface area contributed by atoms with Crippen LogP contribution in [0.4, 0.5) is 0 Å². The molecule has 0 atom stereocenters. The van der Waals surface area contributed by atoms with Crippen molar-refractivity contribution < 1.29 is 14.7 Å². The van der Waals surface area contributed by atoms with Gasteiger partial charge in [0, 0.05) is 0 Å². The summed E-state index contributed by atoms with van der Waals surface area (Å²) in [6.45, 7) is 8.04. The van der Waals surface area contributed by atoms with Crippen molar-refractivity contribution in [2.24, 2.45) is 11.8 Å². The topological polar surface area (TPSA) is 60.7 Å². The molecule has 0 bridgehead atoms. The molecule has 0 aliphatic rings. The fourth-order valence-electron chi connectivity index (χ4n) is 1.16. The Morgan fingerprint density at radius 3 is 1.29 bits per heavy atom. The average Bonchev–Trinajstić information content (AvgIpc) is 1.98. The van der Waals surface area contributed by atoms with Crippen LogP contribution in [-0.4, -0.2) is 27.0 Å². The zero-order chi connectivity index (χ0) is 11.4. The summed E-state index contributed by atoms with van der Waals surface area (Å²) in [5, 5.41) is 0. The van der Waals surface area contributed by atoms with Gasteiger partial charge in [-0.2, -0.15) is 0 Å². The fourth-order valence-corrected chi connectivity index (χ4v) is 3.47. The molecule has 0 spiro atoms. The van der Waals surface area contributed by atoms with Gasteiger partial charge in [-0.15, -0.1) is 0 Å². The molecule has 0 saturated heterocycles. The second kappa shape index (κ2) is 4.89. The summed E-state index contributed by atoms with van der Waals surface area (Å²) >= 11 is 0. The summed E-state index contributed by atoms with van der Waals surface area (Å²) in [4.78, 5) is 29.2. The van der Waals surface area contributed by atoms with Crippen molar-refractivity contribution in [3.05, 3.63) is 0 Å². The summed E-state index contributed by atoms with van der Waals surface area (Å²) in [7, 11) is -4.29. The van der Waals surface area contributed by atoms with E-state index in [4.69, 9.17) is 0 Å². The molecule has 0 aliphatic carbocycles. The molecule has 0 aromatic heterocycles. The van der Waals surface area contributed by atoms with E-state index in [1.54, 1.807) is 0 Å². The second-order valence-corrected chi connectivity index (χ2v) is 8.73. The molecule has 0 fully saturated rings. The molecular weight excluding hydrogens is 199 g/mol. The Morgan fingerprint density at radius 2 is 1.07 bits per heavy atom. The SMILES string of the molecule is CC(C)CCP(O)(O)(O)CCC(C)C. The van der Waals surface area contributed by atoms with Crippen LogP contribution in [-0.2, 0) is 0 Å². The summed E-state index contributed by atoms with van der Waals surface area (Å²) < 4.78 is 0. The van der Waals surface area contributed by atoms with Crippen molar-refractivity contribution in [2.75, 3.05) is 12.3 Å². The molecule has 0 radical (unpaired) electrons. The van der Waals surface area contributed by atoms with E-state index in [9.17, 15) is 14.7 Å². The van der Waals surface area contributed by atoms with Crippen molar-refractivity contribution >= 4 is 7.28 Å². The minimum atomic E-state index is -4.29. The summed E-state index contributed by atoms with van der Waals surface area (Å²) in [6, 6.07) is 0. The second-order valence-electron chi connectivity index (χ2n) is 5.15. The quantitative estimate of drug-likeness (QED) is 0.607. The third kappa shape index (κ3) is 7.69. The van der Waals surface area contributed by atoms with Gasteiger partial charge < -0.3 is 0 Å². The van der Waals surface area contributed by atoms with Gasteiger partial charge in [-0.3, -0.25) is 0 Å². The van der Waals surface area contributed by atoms with Gasteiger partial charge in [0.25, 0.3) is 0 Å².